The maximum atomic E-state index is 11.4. The van der Waals surface area contributed by atoms with E-state index in [0.717, 1.165) is 38.7 Å². The molecule has 0 spiro atoms. The summed E-state index contributed by atoms with van der Waals surface area (Å²) in [4.78, 5) is 24.3. The van der Waals surface area contributed by atoms with Gasteiger partial charge >= 0.3 is 5.97 Å². The van der Waals surface area contributed by atoms with Crippen LogP contribution in [0.25, 0.3) is 0 Å². The Hall–Kier alpha value is -1.69. The quantitative estimate of drug-likeness (QED) is 0.734. The van der Waals surface area contributed by atoms with E-state index in [-0.39, 0.29) is 11.9 Å². The van der Waals surface area contributed by atoms with Gasteiger partial charge < -0.3 is 9.64 Å². The summed E-state index contributed by atoms with van der Waals surface area (Å²) in [5.41, 5.74) is 0. The number of aromatic nitrogens is 2. The molecular formula is C13H20N4O2. The summed E-state index contributed by atoms with van der Waals surface area (Å²) in [6, 6.07) is 1.82. The Kier molecular flexibility index (Phi) is 4.68. The molecule has 0 radical (unpaired) electrons. The van der Waals surface area contributed by atoms with E-state index in [2.05, 4.69) is 19.8 Å². The summed E-state index contributed by atoms with van der Waals surface area (Å²) in [7, 11) is 1.43. The lowest BCUT2D eigenvalue weighted by molar-refractivity contribution is -0.145. The van der Waals surface area contributed by atoms with Crippen LogP contribution in [-0.4, -0.2) is 60.7 Å². The normalized spacial score (nSPS) is 18.1. The Morgan fingerprint density at radius 1 is 1.32 bits per heavy atom. The van der Waals surface area contributed by atoms with Crippen LogP contribution in [-0.2, 0) is 9.53 Å². The van der Waals surface area contributed by atoms with E-state index in [9.17, 15) is 4.79 Å². The molecule has 1 unspecified atom stereocenters. The molecule has 0 aliphatic carbocycles. The second-order valence-electron chi connectivity index (χ2n) is 4.76. The lowest BCUT2D eigenvalue weighted by Crippen LogP contribution is -2.48. The van der Waals surface area contributed by atoms with Gasteiger partial charge in [-0.05, 0) is 6.07 Å². The van der Waals surface area contributed by atoms with Crippen molar-refractivity contribution in [3.63, 3.8) is 0 Å². The zero-order valence-corrected chi connectivity index (χ0v) is 11.5. The molecule has 0 amide bonds. The van der Waals surface area contributed by atoms with E-state index in [1.807, 2.05) is 13.0 Å². The summed E-state index contributed by atoms with van der Waals surface area (Å²) in [6.45, 7) is 6.25. The van der Waals surface area contributed by atoms with E-state index in [4.69, 9.17) is 4.74 Å². The van der Waals surface area contributed by atoms with Crippen molar-refractivity contribution in [2.45, 2.75) is 6.92 Å². The van der Waals surface area contributed by atoms with Gasteiger partial charge in [0.15, 0.2) is 0 Å². The highest BCUT2D eigenvalue weighted by Crippen LogP contribution is 2.11. The van der Waals surface area contributed by atoms with E-state index in [1.165, 1.54) is 7.11 Å². The molecule has 6 heteroatoms. The number of anilines is 1. The number of ether oxygens (including phenoxy) is 1. The Bertz CT molecular complexity index is 404. The lowest BCUT2D eigenvalue weighted by atomic mass is 10.1. The Morgan fingerprint density at radius 2 is 1.95 bits per heavy atom. The first-order chi connectivity index (χ1) is 9.20. The SMILES string of the molecule is COC(=O)C(C)CN1CCN(c2ncccn2)CC1. The molecule has 6 nitrogen and oxygen atoms in total. The molecule has 2 rings (SSSR count). The number of esters is 1. The highest BCUT2D eigenvalue weighted by atomic mass is 16.5. The first-order valence-electron chi connectivity index (χ1n) is 6.53. The van der Waals surface area contributed by atoms with Crippen molar-refractivity contribution in [1.82, 2.24) is 14.9 Å². The molecule has 1 aromatic heterocycles. The fraction of sp³-hybridized carbons (Fsp3) is 0.615. The average molecular weight is 264 g/mol. The molecule has 0 aromatic carbocycles. The van der Waals surface area contributed by atoms with Gasteiger partial charge in [0.05, 0.1) is 13.0 Å². The number of nitrogens with zero attached hydrogens (tertiary/aromatic N) is 4. The summed E-state index contributed by atoms with van der Waals surface area (Å²) in [5, 5.41) is 0. The molecule has 2 heterocycles. The Morgan fingerprint density at radius 3 is 2.53 bits per heavy atom. The standard InChI is InChI=1S/C13H20N4O2/c1-11(12(18)19-2)10-16-6-8-17(9-7-16)13-14-4-3-5-15-13/h3-5,11H,6-10H2,1-2H3. The van der Waals surface area contributed by atoms with E-state index in [1.54, 1.807) is 12.4 Å². The third kappa shape index (κ3) is 3.64. The van der Waals surface area contributed by atoms with Crippen LogP contribution < -0.4 is 4.90 Å². The minimum absolute atomic E-state index is 0.0791. The van der Waals surface area contributed by atoms with Crippen molar-refractivity contribution < 1.29 is 9.53 Å². The maximum Gasteiger partial charge on any atom is 0.309 e. The number of rotatable bonds is 4. The minimum atomic E-state index is -0.145. The number of carbonyl (C=O) groups excluding carboxylic acids is 1. The van der Waals surface area contributed by atoms with Crippen molar-refractivity contribution in [3.05, 3.63) is 18.5 Å². The minimum Gasteiger partial charge on any atom is -0.469 e. The monoisotopic (exact) mass is 264 g/mol. The summed E-state index contributed by atoms with van der Waals surface area (Å²) in [6.07, 6.45) is 3.52. The van der Waals surface area contributed by atoms with Crippen LogP contribution in [0, 0.1) is 5.92 Å². The number of methoxy groups -OCH3 is 1. The molecule has 0 bridgehead atoms. The van der Waals surface area contributed by atoms with Crippen molar-refractivity contribution in [2.24, 2.45) is 5.92 Å². The Labute approximate surface area is 113 Å². The van der Waals surface area contributed by atoms with Crippen LogP contribution in [0.4, 0.5) is 5.95 Å². The summed E-state index contributed by atoms with van der Waals surface area (Å²) in [5.74, 6) is 0.557. The second kappa shape index (κ2) is 6.47. The van der Waals surface area contributed by atoms with Crippen LogP contribution in [0.2, 0.25) is 0 Å². The molecule has 0 saturated carbocycles. The van der Waals surface area contributed by atoms with Crippen LogP contribution in [0.1, 0.15) is 6.92 Å². The molecule has 1 atom stereocenters. The number of hydrogen-bond acceptors (Lipinski definition) is 6. The molecule has 1 fully saturated rings. The fourth-order valence-corrected chi connectivity index (χ4v) is 2.25. The van der Waals surface area contributed by atoms with Crippen molar-refractivity contribution in [2.75, 3.05) is 44.7 Å². The number of piperazine rings is 1. The van der Waals surface area contributed by atoms with Crippen molar-refractivity contribution in [1.29, 1.82) is 0 Å². The molecule has 104 valence electrons. The van der Waals surface area contributed by atoms with Crippen LogP contribution >= 0.6 is 0 Å². The summed E-state index contributed by atoms with van der Waals surface area (Å²) < 4.78 is 4.75. The molecular weight excluding hydrogens is 244 g/mol. The second-order valence-corrected chi connectivity index (χ2v) is 4.76. The lowest BCUT2D eigenvalue weighted by Gasteiger charge is -2.35. The highest BCUT2D eigenvalue weighted by Gasteiger charge is 2.22. The number of carbonyl (C=O) groups is 1. The molecule has 1 aliphatic rings. The third-order valence-electron chi connectivity index (χ3n) is 3.34. The first kappa shape index (κ1) is 13.7. The van der Waals surface area contributed by atoms with E-state index in [0.29, 0.717) is 0 Å². The maximum absolute atomic E-state index is 11.4. The molecule has 1 aromatic rings. The zero-order chi connectivity index (χ0) is 13.7. The van der Waals surface area contributed by atoms with Crippen LogP contribution in [0.3, 0.4) is 0 Å². The van der Waals surface area contributed by atoms with Gasteiger partial charge in [-0.25, -0.2) is 9.97 Å². The molecule has 19 heavy (non-hydrogen) atoms. The van der Waals surface area contributed by atoms with Gasteiger partial charge in [0.25, 0.3) is 0 Å². The topological polar surface area (TPSA) is 58.6 Å². The molecule has 1 aliphatic heterocycles. The fourth-order valence-electron chi connectivity index (χ4n) is 2.25. The van der Waals surface area contributed by atoms with Gasteiger partial charge in [-0.3, -0.25) is 9.69 Å². The third-order valence-corrected chi connectivity index (χ3v) is 3.34. The zero-order valence-electron chi connectivity index (χ0n) is 11.5. The van der Waals surface area contributed by atoms with Gasteiger partial charge in [-0.1, -0.05) is 6.92 Å². The van der Waals surface area contributed by atoms with Crippen LogP contribution in [0.15, 0.2) is 18.5 Å². The van der Waals surface area contributed by atoms with Gasteiger partial charge in [0.1, 0.15) is 0 Å². The van der Waals surface area contributed by atoms with Crippen LogP contribution in [0.5, 0.6) is 0 Å². The van der Waals surface area contributed by atoms with E-state index < -0.39 is 0 Å². The predicted molar refractivity (Wildman–Crippen MR) is 71.9 cm³/mol. The van der Waals surface area contributed by atoms with Gasteiger partial charge in [0, 0.05) is 45.1 Å². The van der Waals surface area contributed by atoms with Gasteiger partial charge in [-0.15, -0.1) is 0 Å². The van der Waals surface area contributed by atoms with E-state index >= 15 is 0 Å². The average Bonchev–Trinajstić information content (AvgIpc) is 2.48. The first-order valence-corrected chi connectivity index (χ1v) is 6.53. The van der Waals surface area contributed by atoms with Gasteiger partial charge in [-0.2, -0.15) is 0 Å². The summed E-state index contributed by atoms with van der Waals surface area (Å²) >= 11 is 0. The molecule has 0 N–H and O–H groups in total. The van der Waals surface area contributed by atoms with Crippen molar-refractivity contribution >= 4 is 11.9 Å². The predicted octanol–water partition coefficient (Wildman–Crippen LogP) is 0.408. The van der Waals surface area contributed by atoms with Gasteiger partial charge in [0.2, 0.25) is 5.95 Å². The van der Waals surface area contributed by atoms with Crippen molar-refractivity contribution in [3.8, 4) is 0 Å². The Balaban J connectivity index is 1.81. The smallest absolute Gasteiger partial charge is 0.309 e. The highest BCUT2D eigenvalue weighted by molar-refractivity contribution is 5.72. The number of hydrogen-bond donors (Lipinski definition) is 0. The largest absolute Gasteiger partial charge is 0.469 e. The molecule has 1 saturated heterocycles.